The Labute approximate surface area is 115 Å². The first kappa shape index (κ1) is 13.1. The number of thiazole rings is 1. The Morgan fingerprint density at radius 3 is 2.83 bits per heavy atom. The average Bonchev–Trinajstić information content (AvgIpc) is 2.82. The summed E-state index contributed by atoms with van der Waals surface area (Å²) in [5.41, 5.74) is 12.3. The molecular weight excluding hydrogens is 266 g/mol. The zero-order valence-electron chi connectivity index (χ0n) is 10.0. The van der Waals surface area contributed by atoms with E-state index in [1.165, 1.54) is 5.56 Å². The van der Waals surface area contributed by atoms with Gasteiger partial charge in [-0.3, -0.25) is 5.41 Å². The van der Waals surface area contributed by atoms with Crippen LogP contribution in [0.3, 0.4) is 0 Å². The van der Waals surface area contributed by atoms with Crippen LogP contribution in [0.15, 0.2) is 23.0 Å². The van der Waals surface area contributed by atoms with Gasteiger partial charge in [-0.1, -0.05) is 11.6 Å². The Kier molecular flexibility index (Phi) is 3.99. The smallest absolute Gasteiger partial charge is 0.130 e. The number of aryl methyl sites for hydroxylation is 3. The minimum Gasteiger partial charge on any atom is -0.398 e. The summed E-state index contributed by atoms with van der Waals surface area (Å²) in [4.78, 5) is 4.26. The first-order chi connectivity index (χ1) is 8.58. The predicted octanol–water partition coefficient (Wildman–Crippen LogP) is 3.38. The van der Waals surface area contributed by atoms with Crippen molar-refractivity contribution in [2.75, 3.05) is 5.73 Å². The maximum atomic E-state index is 7.44. The zero-order valence-corrected chi connectivity index (χ0v) is 11.6. The molecule has 18 heavy (non-hydrogen) atoms. The van der Waals surface area contributed by atoms with Crippen molar-refractivity contribution in [2.45, 2.75) is 19.8 Å². The lowest BCUT2D eigenvalue weighted by Gasteiger charge is -2.10. The van der Waals surface area contributed by atoms with Gasteiger partial charge >= 0.3 is 0 Å². The van der Waals surface area contributed by atoms with E-state index in [1.807, 2.05) is 24.6 Å². The van der Waals surface area contributed by atoms with Crippen molar-refractivity contribution in [2.24, 2.45) is 0 Å². The number of hydrogen-bond donors (Lipinski definition) is 2. The summed E-state index contributed by atoms with van der Waals surface area (Å²) in [5, 5.41) is 9.48. The third-order valence-electron chi connectivity index (χ3n) is 2.88. The van der Waals surface area contributed by atoms with Crippen LogP contribution in [0.4, 0.5) is 5.69 Å². The second-order valence-electron chi connectivity index (χ2n) is 4.16. The summed E-state index contributed by atoms with van der Waals surface area (Å²) in [6.07, 6.45) is 1.80. The summed E-state index contributed by atoms with van der Waals surface area (Å²) in [5.74, 6) is 0. The molecule has 1 heterocycles. The van der Waals surface area contributed by atoms with Gasteiger partial charge in [-0.15, -0.1) is 11.3 Å². The summed E-state index contributed by atoms with van der Waals surface area (Å²) in [6, 6.07) is 3.79. The van der Waals surface area contributed by atoms with Crippen molar-refractivity contribution in [3.8, 4) is 0 Å². The zero-order chi connectivity index (χ0) is 13.1. The third-order valence-corrected chi connectivity index (χ3v) is 3.72. The van der Waals surface area contributed by atoms with E-state index in [2.05, 4.69) is 10.4 Å². The van der Waals surface area contributed by atoms with Gasteiger partial charge < -0.3 is 5.73 Å². The van der Waals surface area contributed by atoms with Crippen molar-refractivity contribution in [3.05, 3.63) is 45.4 Å². The number of nitrogen functional groups attached to an aromatic ring is 1. The van der Waals surface area contributed by atoms with Crippen LogP contribution < -0.4 is 5.73 Å². The van der Waals surface area contributed by atoms with Gasteiger partial charge in [0.25, 0.3) is 0 Å². The first-order valence-corrected chi connectivity index (χ1v) is 6.90. The van der Waals surface area contributed by atoms with Gasteiger partial charge in [-0.2, -0.15) is 0 Å². The van der Waals surface area contributed by atoms with E-state index < -0.39 is 0 Å². The molecule has 1 aromatic carbocycles. The van der Waals surface area contributed by atoms with Crippen LogP contribution in [0.2, 0.25) is 0 Å². The van der Waals surface area contributed by atoms with E-state index in [-0.39, 0.29) is 5.17 Å². The number of hydrogen-bond acceptors (Lipinski definition) is 4. The number of nitrogens with two attached hydrogens (primary N) is 1. The molecule has 94 valence electrons. The first-order valence-electron chi connectivity index (χ1n) is 5.58. The van der Waals surface area contributed by atoms with Crippen molar-refractivity contribution in [1.82, 2.24) is 4.98 Å². The number of rotatable bonds is 4. The molecule has 0 saturated carbocycles. The predicted molar refractivity (Wildman–Crippen MR) is 77.8 cm³/mol. The lowest BCUT2D eigenvalue weighted by atomic mass is 9.99. The van der Waals surface area contributed by atoms with Crippen LogP contribution >= 0.6 is 22.9 Å². The van der Waals surface area contributed by atoms with E-state index in [4.69, 9.17) is 22.7 Å². The van der Waals surface area contributed by atoms with Crippen molar-refractivity contribution >= 4 is 33.8 Å². The van der Waals surface area contributed by atoms with E-state index in [1.54, 1.807) is 11.3 Å². The number of nitrogens with one attached hydrogen (secondary N) is 1. The van der Waals surface area contributed by atoms with E-state index in [0.29, 0.717) is 11.3 Å². The van der Waals surface area contributed by atoms with Crippen LogP contribution in [0, 0.1) is 12.3 Å². The minimum atomic E-state index is -0.0124. The van der Waals surface area contributed by atoms with E-state index in [0.717, 1.165) is 24.1 Å². The molecule has 0 atom stereocenters. The standard InChI is InChI=1S/C13H14ClN3S/c1-8-4-11(13(14)16)12(15)5-9(8)2-3-10-6-18-7-17-10/h4-7,16H,2-3,15H2,1H3. The Bertz CT molecular complexity index is 564. The fourth-order valence-electron chi connectivity index (χ4n) is 1.85. The van der Waals surface area contributed by atoms with Gasteiger partial charge in [0.2, 0.25) is 0 Å². The molecule has 0 radical (unpaired) electrons. The quantitative estimate of drug-likeness (QED) is 0.666. The highest BCUT2D eigenvalue weighted by molar-refractivity contribution is 7.07. The second kappa shape index (κ2) is 5.50. The number of anilines is 1. The Hall–Kier alpha value is -1.39. The molecule has 2 aromatic rings. The molecule has 0 saturated heterocycles. The number of halogens is 1. The molecule has 2 rings (SSSR count). The monoisotopic (exact) mass is 279 g/mol. The van der Waals surface area contributed by atoms with Gasteiger partial charge in [0, 0.05) is 16.6 Å². The molecule has 0 bridgehead atoms. The van der Waals surface area contributed by atoms with Crippen LogP contribution in [0.25, 0.3) is 0 Å². The van der Waals surface area contributed by atoms with Crippen LogP contribution in [0.5, 0.6) is 0 Å². The molecule has 0 amide bonds. The largest absolute Gasteiger partial charge is 0.398 e. The van der Waals surface area contributed by atoms with Crippen LogP contribution in [-0.4, -0.2) is 10.2 Å². The van der Waals surface area contributed by atoms with Gasteiger partial charge in [-0.25, -0.2) is 4.98 Å². The Balaban J connectivity index is 2.19. The average molecular weight is 280 g/mol. The second-order valence-corrected chi connectivity index (χ2v) is 5.26. The minimum absolute atomic E-state index is 0.0124. The lowest BCUT2D eigenvalue weighted by molar-refractivity contribution is 0.918. The highest BCUT2D eigenvalue weighted by Crippen LogP contribution is 2.21. The van der Waals surface area contributed by atoms with Crippen molar-refractivity contribution in [3.63, 3.8) is 0 Å². The highest BCUT2D eigenvalue weighted by atomic mass is 35.5. The number of nitrogens with zero attached hydrogens (tertiary/aromatic N) is 1. The molecule has 1 aromatic heterocycles. The molecule has 0 aliphatic rings. The molecule has 3 N–H and O–H groups in total. The fraction of sp³-hybridized carbons (Fsp3) is 0.231. The molecule has 0 aliphatic heterocycles. The summed E-state index contributed by atoms with van der Waals surface area (Å²) in [6.45, 7) is 2.01. The van der Waals surface area contributed by atoms with Gasteiger partial charge in [0.15, 0.2) is 0 Å². The highest BCUT2D eigenvalue weighted by Gasteiger charge is 2.08. The van der Waals surface area contributed by atoms with Gasteiger partial charge in [-0.05, 0) is 43.0 Å². The van der Waals surface area contributed by atoms with Gasteiger partial charge in [0.05, 0.1) is 11.2 Å². The van der Waals surface area contributed by atoms with Crippen molar-refractivity contribution < 1.29 is 0 Å². The van der Waals surface area contributed by atoms with E-state index in [9.17, 15) is 0 Å². The topological polar surface area (TPSA) is 62.8 Å². The molecule has 0 unspecified atom stereocenters. The molecule has 3 nitrogen and oxygen atoms in total. The summed E-state index contributed by atoms with van der Waals surface area (Å²) >= 11 is 7.29. The SMILES string of the molecule is Cc1cc(C(=N)Cl)c(N)cc1CCc1cscn1. The number of aromatic nitrogens is 1. The van der Waals surface area contributed by atoms with E-state index >= 15 is 0 Å². The molecule has 0 fully saturated rings. The number of benzene rings is 1. The van der Waals surface area contributed by atoms with Crippen LogP contribution in [-0.2, 0) is 12.8 Å². The maximum absolute atomic E-state index is 7.44. The lowest BCUT2D eigenvalue weighted by Crippen LogP contribution is -2.02. The summed E-state index contributed by atoms with van der Waals surface area (Å²) in [7, 11) is 0. The van der Waals surface area contributed by atoms with Gasteiger partial charge in [0.1, 0.15) is 5.17 Å². The Morgan fingerprint density at radius 2 is 2.22 bits per heavy atom. The third kappa shape index (κ3) is 2.89. The van der Waals surface area contributed by atoms with Crippen LogP contribution in [0.1, 0.15) is 22.4 Å². The molecular formula is C13H14ClN3S. The molecule has 0 aliphatic carbocycles. The molecule has 5 heteroatoms. The fourth-order valence-corrected chi connectivity index (χ4v) is 2.61. The normalized spacial score (nSPS) is 10.6. The molecule has 0 spiro atoms. The van der Waals surface area contributed by atoms with Crippen molar-refractivity contribution in [1.29, 1.82) is 5.41 Å². The Morgan fingerprint density at radius 1 is 1.44 bits per heavy atom. The summed E-state index contributed by atoms with van der Waals surface area (Å²) < 4.78 is 0. The maximum Gasteiger partial charge on any atom is 0.130 e.